The molecule has 1 aliphatic rings. The van der Waals surface area contributed by atoms with Crippen LogP contribution in [0.3, 0.4) is 0 Å². The van der Waals surface area contributed by atoms with Gasteiger partial charge in [0.1, 0.15) is 11.2 Å². The molecule has 0 N–H and O–H groups in total. The molecule has 0 aromatic carbocycles. The highest BCUT2D eigenvalue weighted by Crippen LogP contribution is 2.48. The van der Waals surface area contributed by atoms with Crippen LogP contribution in [0.1, 0.15) is 107 Å². The average Bonchev–Trinajstić information content (AvgIpc) is 2.60. The van der Waals surface area contributed by atoms with Crippen LogP contribution in [0.15, 0.2) is 0 Å². The van der Waals surface area contributed by atoms with Gasteiger partial charge in [0.2, 0.25) is 5.79 Å². The Kier molecular flexibility index (Phi) is 7.95. The van der Waals surface area contributed by atoms with Gasteiger partial charge in [-0.3, -0.25) is 0 Å². The van der Waals surface area contributed by atoms with E-state index >= 15 is 0 Å². The number of rotatable bonds is 10. The zero-order valence-electron chi connectivity index (χ0n) is 18.2. The maximum absolute atomic E-state index is 6.10. The van der Waals surface area contributed by atoms with Gasteiger partial charge in [-0.25, -0.2) is 9.78 Å². The molecule has 0 aliphatic heterocycles. The monoisotopic (exact) mass is 358 g/mol. The van der Waals surface area contributed by atoms with Crippen molar-refractivity contribution in [1.82, 2.24) is 0 Å². The lowest BCUT2D eigenvalue weighted by Gasteiger charge is -2.47. The van der Waals surface area contributed by atoms with Gasteiger partial charge in [0, 0.05) is 12.3 Å². The Hall–Kier alpha value is -0.160. The Morgan fingerprint density at radius 2 is 1.24 bits per heavy atom. The van der Waals surface area contributed by atoms with Gasteiger partial charge >= 0.3 is 0 Å². The molecule has 0 amide bonds. The van der Waals surface area contributed by atoms with Gasteiger partial charge in [0.15, 0.2) is 0 Å². The van der Waals surface area contributed by atoms with Crippen LogP contribution in [0.2, 0.25) is 0 Å². The maximum Gasteiger partial charge on any atom is 0.237 e. The van der Waals surface area contributed by atoms with Crippen molar-refractivity contribution >= 4 is 0 Å². The molecule has 1 saturated carbocycles. The summed E-state index contributed by atoms with van der Waals surface area (Å²) in [6, 6.07) is 0. The van der Waals surface area contributed by atoms with Gasteiger partial charge in [-0.2, -0.15) is 9.78 Å². The second kappa shape index (κ2) is 8.69. The summed E-state index contributed by atoms with van der Waals surface area (Å²) in [5.41, 5.74) is -0.490. The summed E-state index contributed by atoms with van der Waals surface area (Å²) >= 11 is 0. The Balaban J connectivity index is 3.01. The molecule has 25 heavy (non-hydrogen) atoms. The van der Waals surface area contributed by atoms with E-state index in [-0.39, 0.29) is 22.5 Å². The van der Waals surface area contributed by atoms with Crippen molar-refractivity contribution in [3.63, 3.8) is 0 Å². The molecule has 1 aliphatic carbocycles. The molecule has 4 heteroatoms. The molecule has 0 aromatic rings. The fraction of sp³-hybridized carbons (Fsp3) is 1.00. The molecule has 1 fully saturated rings. The van der Waals surface area contributed by atoms with Gasteiger partial charge in [-0.1, -0.05) is 48.5 Å². The third-order valence-corrected chi connectivity index (χ3v) is 6.49. The zero-order valence-corrected chi connectivity index (χ0v) is 18.2. The molecular formula is C21H42O4. The zero-order chi connectivity index (χ0) is 19.4. The molecule has 0 bridgehead atoms. The molecule has 0 radical (unpaired) electrons. The van der Waals surface area contributed by atoms with E-state index in [1.54, 1.807) is 0 Å². The minimum absolute atomic E-state index is 0.128. The van der Waals surface area contributed by atoms with Crippen LogP contribution < -0.4 is 0 Å². The minimum Gasteiger partial charge on any atom is -0.227 e. The van der Waals surface area contributed by atoms with Gasteiger partial charge in [0.25, 0.3) is 0 Å². The minimum atomic E-state index is -0.862. The van der Waals surface area contributed by atoms with Crippen molar-refractivity contribution < 1.29 is 19.6 Å². The predicted molar refractivity (Wildman–Crippen MR) is 102 cm³/mol. The molecule has 1 atom stereocenters. The number of hydrogen-bond acceptors (Lipinski definition) is 4. The summed E-state index contributed by atoms with van der Waals surface area (Å²) in [6.45, 7) is 19.4. The summed E-state index contributed by atoms with van der Waals surface area (Å²) in [4.78, 5) is 24.1. The second-order valence-corrected chi connectivity index (χ2v) is 9.24. The van der Waals surface area contributed by atoms with Gasteiger partial charge in [-0.15, -0.1) is 0 Å². The second-order valence-electron chi connectivity index (χ2n) is 9.24. The van der Waals surface area contributed by atoms with E-state index in [0.29, 0.717) is 0 Å². The van der Waals surface area contributed by atoms with E-state index < -0.39 is 5.79 Å². The smallest absolute Gasteiger partial charge is 0.227 e. The Bertz CT molecular complexity index is 375. The summed E-state index contributed by atoms with van der Waals surface area (Å²) in [5.74, 6) is -0.657. The average molecular weight is 359 g/mol. The van der Waals surface area contributed by atoms with Crippen LogP contribution in [0.5, 0.6) is 0 Å². The Morgan fingerprint density at radius 1 is 0.840 bits per heavy atom. The van der Waals surface area contributed by atoms with Crippen LogP contribution in [0, 0.1) is 11.3 Å². The first kappa shape index (κ1) is 22.9. The lowest BCUT2D eigenvalue weighted by Crippen LogP contribution is -2.52. The summed E-state index contributed by atoms with van der Waals surface area (Å²) in [6.07, 6.45) is 6.50. The van der Waals surface area contributed by atoms with Crippen molar-refractivity contribution in [3.8, 4) is 0 Å². The lowest BCUT2D eigenvalue weighted by atomic mass is 9.70. The van der Waals surface area contributed by atoms with E-state index in [9.17, 15) is 0 Å². The first-order valence-corrected chi connectivity index (χ1v) is 10.2. The normalized spacial score (nSPS) is 23.6. The Labute approximate surface area is 155 Å². The van der Waals surface area contributed by atoms with Crippen molar-refractivity contribution in [2.75, 3.05) is 0 Å². The molecule has 0 heterocycles. The van der Waals surface area contributed by atoms with E-state index in [0.717, 1.165) is 44.9 Å². The first-order chi connectivity index (χ1) is 11.5. The van der Waals surface area contributed by atoms with Crippen molar-refractivity contribution in [3.05, 3.63) is 0 Å². The van der Waals surface area contributed by atoms with Crippen LogP contribution >= 0.6 is 0 Å². The molecule has 1 rings (SSSR count). The highest BCUT2D eigenvalue weighted by Gasteiger charge is 2.51. The molecule has 1 unspecified atom stereocenters. The highest BCUT2D eigenvalue weighted by atomic mass is 17.3. The third-order valence-electron chi connectivity index (χ3n) is 6.49. The van der Waals surface area contributed by atoms with Gasteiger partial charge in [-0.05, 0) is 57.8 Å². The highest BCUT2D eigenvalue weighted by molar-refractivity contribution is 4.89. The SMILES string of the molecule is CCC(C)(CC)OOC1(OOC(C)(CC)CC)CC(C)(C)CCC1C. The van der Waals surface area contributed by atoms with Crippen LogP contribution in [0.4, 0.5) is 0 Å². The quantitative estimate of drug-likeness (QED) is 0.251. The van der Waals surface area contributed by atoms with Gasteiger partial charge < -0.3 is 0 Å². The molecule has 0 aromatic heterocycles. The largest absolute Gasteiger partial charge is 0.237 e. The van der Waals surface area contributed by atoms with E-state index in [1.807, 2.05) is 0 Å². The van der Waals surface area contributed by atoms with Crippen molar-refractivity contribution in [1.29, 1.82) is 0 Å². The summed E-state index contributed by atoms with van der Waals surface area (Å²) in [5, 5.41) is 0. The molecule has 0 saturated heterocycles. The van der Waals surface area contributed by atoms with Crippen LogP contribution in [0.25, 0.3) is 0 Å². The summed E-state index contributed by atoms with van der Waals surface area (Å²) in [7, 11) is 0. The fourth-order valence-electron chi connectivity index (χ4n) is 3.07. The van der Waals surface area contributed by atoms with Gasteiger partial charge in [0.05, 0.1) is 0 Å². The topological polar surface area (TPSA) is 36.9 Å². The maximum atomic E-state index is 6.10. The third kappa shape index (κ3) is 5.92. The van der Waals surface area contributed by atoms with E-state index in [2.05, 4.69) is 62.3 Å². The fourth-order valence-corrected chi connectivity index (χ4v) is 3.07. The van der Waals surface area contributed by atoms with E-state index in [4.69, 9.17) is 19.6 Å². The first-order valence-electron chi connectivity index (χ1n) is 10.2. The van der Waals surface area contributed by atoms with Crippen LogP contribution in [-0.4, -0.2) is 17.0 Å². The molecule has 0 spiro atoms. The van der Waals surface area contributed by atoms with Crippen molar-refractivity contribution in [2.45, 2.75) is 124 Å². The molecule has 4 nitrogen and oxygen atoms in total. The molecule has 150 valence electrons. The lowest BCUT2D eigenvalue weighted by molar-refractivity contribution is -0.563. The van der Waals surface area contributed by atoms with E-state index in [1.165, 1.54) is 0 Å². The number of hydrogen-bond donors (Lipinski definition) is 0. The Morgan fingerprint density at radius 3 is 1.60 bits per heavy atom. The van der Waals surface area contributed by atoms with Crippen LogP contribution in [-0.2, 0) is 19.6 Å². The standard InChI is InChI=1S/C21H42O4/c1-10-19(8,11-2)22-24-21(25-23-20(9,12-3)13-4)16-18(6,7)15-14-17(21)5/h17H,10-16H2,1-9H3. The van der Waals surface area contributed by atoms with Crippen molar-refractivity contribution in [2.24, 2.45) is 11.3 Å². The molecular weight excluding hydrogens is 316 g/mol. The summed E-state index contributed by atoms with van der Waals surface area (Å²) < 4.78 is 0. The predicted octanol–water partition coefficient (Wildman–Crippen LogP) is 6.58.